The lowest BCUT2D eigenvalue weighted by Crippen LogP contribution is -2.31. The first kappa shape index (κ1) is 24.5. The first-order valence-electron chi connectivity index (χ1n) is 10.5. The molecular weight excluding hydrogens is 452 g/mol. The summed E-state index contributed by atoms with van der Waals surface area (Å²) >= 11 is 0. The van der Waals surface area contributed by atoms with Gasteiger partial charge in [-0.1, -0.05) is 0 Å². The Hall–Kier alpha value is -3.12. The van der Waals surface area contributed by atoms with Gasteiger partial charge in [0, 0.05) is 26.1 Å². The summed E-state index contributed by atoms with van der Waals surface area (Å²) in [5.74, 6) is -0.204. The van der Waals surface area contributed by atoms with Gasteiger partial charge in [0.05, 0.1) is 22.0 Å². The first-order valence-corrected chi connectivity index (χ1v) is 12.0. The predicted molar refractivity (Wildman–Crippen MR) is 119 cm³/mol. The molecule has 1 aliphatic heterocycles. The Morgan fingerprint density at radius 1 is 1.21 bits per heavy atom. The largest absolute Gasteiger partial charge is 0.486 e. The van der Waals surface area contributed by atoms with Crippen molar-refractivity contribution in [1.82, 2.24) is 14.5 Å². The van der Waals surface area contributed by atoms with Crippen molar-refractivity contribution in [2.45, 2.75) is 44.6 Å². The normalized spacial score (nSPS) is 13.9. The summed E-state index contributed by atoms with van der Waals surface area (Å²) in [7, 11) is -2.01. The summed E-state index contributed by atoms with van der Waals surface area (Å²) in [6, 6.07) is 4.37. The van der Waals surface area contributed by atoms with Gasteiger partial charge in [0.15, 0.2) is 17.6 Å². The Balaban J connectivity index is 1.44. The Morgan fingerprint density at radius 3 is 2.58 bits per heavy atom. The van der Waals surface area contributed by atoms with Crippen LogP contribution in [0.25, 0.3) is 0 Å². The summed E-state index contributed by atoms with van der Waals surface area (Å²) in [6.45, 7) is 5.85. The maximum atomic E-state index is 12.5. The Morgan fingerprint density at radius 2 is 1.91 bits per heavy atom. The maximum Gasteiger partial charge on any atom is 0.306 e. The smallest absolute Gasteiger partial charge is 0.306 e. The number of nitrogens with zero attached hydrogens (tertiary/aromatic N) is 2. The number of anilines is 1. The molecule has 1 atom stereocenters. The predicted octanol–water partition coefficient (Wildman–Crippen LogP) is 1.44. The van der Waals surface area contributed by atoms with Crippen molar-refractivity contribution in [2.75, 3.05) is 25.1 Å². The number of carbonyl (C=O) groups excluding carboxylic acids is 2. The lowest BCUT2D eigenvalue weighted by molar-refractivity contribution is -0.153. The highest BCUT2D eigenvalue weighted by molar-refractivity contribution is 7.89. The Labute approximate surface area is 192 Å². The molecule has 0 aliphatic carbocycles. The Bertz CT molecular complexity index is 1140. The summed E-state index contributed by atoms with van der Waals surface area (Å²) in [6.07, 6.45) is -0.852. The number of hydrogen-bond donors (Lipinski definition) is 2. The zero-order valence-electron chi connectivity index (χ0n) is 19.0. The van der Waals surface area contributed by atoms with Crippen molar-refractivity contribution in [2.24, 2.45) is 7.05 Å². The van der Waals surface area contributed by atoms with E-state index in [2.05, 4.69) is 15.1 Å². The zero-order chi connectivity index (χ0) is 24.2. The van der Waals surface area contributed by atoms with Crippen LogP contribution in [0.15, 0.2) is 23.1 Å². The summed E-state index contributed by atoms with van der Waals surface area (Å²) < 4.78 is 45.0. The van der Waals surface area contributed by atoms with E-state index in [4.69, 9.17) is 14.2 Å². The number of ether oxygens (including phenoxy) is 3. The van der Waals surface area contributed by atoms with E-state index in [1.54, 1.807) is 24.7 Å². The van der Waals surface area contributed by atoms with Gasteiger partial charge in [0.1, 0.15) is 13.2 Å². The van der Waals surface area contributed by atoms with Crippen LogP contribution in [0.1, 0.15) is 31.2 Å². The van der Waals surface area contributed by atoms with Crippen LogP contribution >= 0.6 is 0 Å². The molecule has 3 rings (SSSR count). The second-order valence-electron chi connectivity index (χ2n) is 7.60. The van der Waals surface area contributed by atoms with Gasteiger partial charge in [-0.2, -0.15) is 5.10 Å². The van der Waals surface area contributed by atoms with Crippen LogP contribution in [0.4, 0.5) is 5.69 Å². The molecule has 2 aromatic rings. The third-order valence-corrected chi connectivity index (χ3v) is 6.57. The highest BCUT2D eigenvalue weighted by Gasteiger charge is 2.22. The molecule has 11 nitrogen and oxygen atoms in total. The van der Waals surface area contributed by atoms with Crippen molar-refractivity contribution in [3.05, 3.63) is 29.6 Å². The number of carbonyl (C=O) groups is 2. The zero-order valence-corrected chi connectivity index (χ0v) is 19.8. The summed E-state index contributed by atoms with van der Waals surface area (Å²) in [4.78, 5) is 24.5. The fourth-order valence-electron chi connectivity index (χ4n) is 3.20. The molecule has 2 N–H and O–H groups in total. The van der Waals surface area contributed by atoms with Gasteiger partial charge < -0.3 is 19.5 Å². The van der Waals surface area contributed by atoms with Crippen molar-refractivity contribution in [3.8, 4) is 11.5 Å². The van der Waals surface area contributed by atoms with Gasteiger partial charge in [-0.15, -0.1) is 0 Å². The fourth-order valence-corrected chi connectivity index (χ4v) is 4.29. The van der Waals surface area contributed by atoms with Crippen molar-refractivity contribution >= 4 is 27.6 Å². The number of benzene rings is 1. The minimum atomic E-state index is -3.78. The lowest BCUT2D eigenvalue weighted by Gasteiger charge is -2.19. The topological polar surface area (TPSA) is 138 Å². The molecule has 1 unspecified atom stereocenters. The number of amides is 1. The van der Waals surface area contributed by atoms with E-state index < -0.39 is 28.0 Å². The molecule has 2 heterocycles. The van der Waals surface area contributed by atoms with Crippen LogP contribution < -0.4 is 19.5 Å². The minimum absolute atomic E-state index is 0.0283. The van der Waals surface area contributed by atoms with Crippen LogP contribution in [0, 0.1) is 13.8 Å². The van der Waals surface area contributed by atoms with Crippen LogP contribution in [-0.4, -0.2) is 55.9 Å². The van der Waals surface area contributed by atoms with Crippen LogP contribution in [-0.2, 0) is 31.4 Å². The first-order chi connectivity index (χ1) is 15.6. The van der Waals surface area contributed by atoms with Gasteiger partial charge in [-0.05, 0) is 39.3 Å². The molecule has 33 heavy (non-hydrogen) atoms. The molecule has 0 saturated heterocycles. The lowest BCUT2D eigenvalue weighted by atomic mass is 10.2. The number of fused-ring (bicyclic) bond motifs is 1. The van der Waals surface area contributed by atoms with E-state index in [1.807, 2.05) is 6.92 Å². The van der Waals surface area contributed by atoms with Gasteiger partial charge in [0.25, 0.3) is 5.91 Å². The van der Waals surface area contributed by atoms with Crippen LogP contribution in [0.2, 0.25) is 0 Å². The average molecular weight is 481 g/mol. The fraction of sp³-hybridized carbons (Fsp3) is 0.476. The summed E-state index contributed by atoms with van der Waals surface area (Å²) in [5.41, 5.74) is 2.02. The number of rotatable bonds is 9. The highest BCUT2D eigenvalue weighted by atomic mass is 32.2. The van der Waals surface area contributed by atoms with E-state index >= 15 is 0 Å². The molecule has 1 aliphatic rings. The molecule has 1 amide bonds. The Kier molecular flexibility index (Phi) is 7.59. The van der Waals surface area contributed by atoms with Crippen molar-refractivity contribution < 1.29 is 32.2 Å². The molecule has 12 heteroatoms. The molecule has 1 aromatic carbocycles. The number of aromatic nitrogens is 2. The summed E-state index contributed by atoms with van der Waals surface area (Å²) in [5, 5.41) is 6.94. The van der Waals surface area contributed by atoms with Crippen molar-refractivity contribution in [3.63, 3.8) is 0 Å². The quantitative estimate of drug-likeness (QED) is 0.406. The molecule has 0 saturated carbocycles. The number of nitrogens with one attached hydrogen (secondary N) is 2. The number of hydrogen-bond acceptors (Lipinski definition) is 8. The van der Waals surface area contributed by atoms with E-state index in [9.17, 15) is 18.0 Å². The average Bonchev–Trinajstić information content (AvgIpc) is 3.02. The van der Waals surface area contributed by atoms with Crippen LogP contribution in [0.5, 0.6) is 11.5 Å². The monoisotopic (exact) mass is 480 g/mol. The van der Waals surface area contributed by atoms with Gasteiger partial charge in [0.2, 0.25) is 10.0 Å². The third-order valence-electron chi connectivity index (χ3n) is 5.11. The van der Waals surface area contributed by atoms with Gasteiger partial charge >= 0.3 is 5.97 Å². The van der Waals surface area contributed by atoms with Gasteiger partial charge in [-0.3, -0.25) is 14.3 Å². The molecule has 0 bridgehead atoms. The number of sulfonamides is 1. The minimum Gasteiger partial charge on any atom is -0.486 e. The standard InChI is InChI=1S/C21H28N4O7S/c1-13-20(14(2)25(4)24-13)23-21(27)15(3)32-19(26)6-5-9-22-33(28,29)16-7-8-17-18(12-16)31-11-10-30-17/h7-8,12,15,22H,5-6,9-11H2,1-4H3,(H,23,27). The maximum absolute atomic E-state index is 12.5. The third kappa shape index (κ3) is 6.02. The molecule has 0 fully saturated rings. The van der Waals surface area contributed by atoms with Crippen LogP contribution in [0.3, 0.4) is 0 Å². The number of aryl methyl sites for hydroxylation is 2. The number of esters is 1. The molecular formula is C21H28N4O7S. The molecule has 1 aromatic heterocycles. The molecule has 0 spiro atoms. The van der Waals surface area contributed by atoms with E-state index in [0.29, 0.717) is 36.1 Å². The van der Waals surface area contributed by atoms with E-state index in [0.717, 1.165) is 5.69 Å². The van der Waals surface area contributed by atoms with E-state index in [-0.39, 0.29) is 24.3 Å². The second-order valence-corrected chi connectivity index (χ2v) is 9.36. The second kappa shape index (κ2) is 10.2. The SMILES string of the molecule is Cc1nn(C)c(C)c1NC(=O)C(C)OC(=O)CCCNS(=O)(=O)c1ccc2c(c1)OCCO2. The highest BCUT2D eigenvalue weighted by Crippen LogP contribution is 2.32. The van der Waals surface area contributed by atoms with Gasteiger partial charge in [-0.25, -0.2) is 13.1 Å². The molecule has 0 radical (unpaired) electrons. The molecule has 180 valence electrons. The van der Waals surface area contributed by atoms with Crippen molar-refractivity contribution in [1.29, 1.82) is 0 Å². The van der Waals surface area contributed by atoms with E-state index in [1.165, 1.54) is 19.1 Å².